The number of rotatable bonds is 5. The number of aromatic hydroxyl groups is 1. The molecule has 2 aromatic rings. The zero-order chi connectivity index (χ0) is 23.9. The van der Waals surface area contributed by atoms with Crippen molar-refractivity contribution in [2.24, 2.45) is 0 Å². The zero-order valence-corrected chi connectivity index (χ0v) is 19.8. The highest BCUT2D eigenvalue weighted by Crippen LogP contribution is 2.45. The monoisotopic (exact) mass is 496 g/mol. The molecule has 0 radical (unpaired) electrons. The molecule has 0 unspecified atom stereocenters. The summed E-state index contributed by atoms with van der Waals surface area (Å²) >= 11 is 6.23. The van der Waals surface area contributed by atoms with E-state index in [1.54, 1.807) is 0 Å². The fourth-order valence-corrected chi connectivity index (χ4v) is 7.27. The molecule has 11 heteroatoms. The predicted octanol–water partition coefficient (Wildman–Crippen LogP) is 4.04. The van der Waals surface area contributed by atoms with Crippen molar-refractivity contribution in [1.29, 1.82) is 0 Å². The van der Waals surface area contributed by atoms with Gasteiger partial charge in [-0.3, -0.25) is 0 Å². The number of carbonyl (C=O) groups is 1. The van der Waals surface area contributed by atoms with Crippen molar-refractivity contribution in [2.75, 3.05) is 17.7 Å². The molecule has 0 aliphatic carbocycles. The molecule has 2 aliphatic heterocycles. The van der Waals surface area contributed by atoms with Gasteiger partial charge in [-0.15, -0.1) is 0 Å². The van der Waals surface area contributed by atoms with Crippen molar-refractivity contribution >= 4 is 39.0 Å². The van der Waals surface area contributed by atoms with Crippen molar-refractivity contribution in [3.8, 4) is 5.75 Å². The van der Waals surface area contributed by atoms with Crippen LogP contribution in [-0.2, 0) is 10.0 Å². The van der Waals surface area contributed by atoms with E-state index in [-0.39, 0.29) is 40.1 Å². The molecule has 2 bridgehead atoms. The van der Waals surface area contributed by atoms with Crippen LogP contribution in [-0.4, -0.2) is 49.0 Å². The van der Waals surface area contributed by atoms with Crippen LogP contribution >= 0.6 is 11.6 Å². The highest BCUT2D eigenvalue weighted by molar-refractivity contribution is 7.89. The van der Waals surface area contributed by atoms with Gasteiger partial charge in [-0.25, -0.2) is 17.6 Å². The molecular formula is C22H26ClFN4O4S. The molecule has 2 amide bonds. The number of benzene rings is 2. The van der Waals surface area contributed by atoms with Crippen LogP contribution in [0.3, 0.4) is 0 Å². The van der Waals surface area contributed by atoms with Crippen molar-refractivity contribution in [2.45, 2.75) is 55.6 Å². The number of fused-ring (bicyclic) bond motifs is 2. The summed E-state index contributed by atoms with van der Waals surface area (Å²) in [5.41, 5.74) is 0.372. The Morgan fingerprint density at radius 1 is 1.12 bits per heavy atom. The van der Waals surface area contributed by atoms with Crippen LogP contribution in [0.1, 0.15) is 31.2 Å². The molecule has 4 rings (SSSR count). The molecule has 3 atom stereocenters. The Morgan fingerprint density at radius 2 is 1.76 bits per heavy atom. The molecule has 0 saturated carbocycles. The first-order valence-electron chi connectivity index (χ1n) is 10.7. The lowest BCUT2D eigenvalue weighted by Gasteiger charge is -2.38. The van der Waals surface area contributed by atoms with E-state index in [9.17, 15) is 22.7 Å². The molecule has 4 N–H and O–H groups in total. The SMILES string of the molecule is CN[C@H]1C[C@H]2CC[C@@H](C1)N2S(=O)(=O)c1c(Cl)ccc(NC(=O)Nc2cccc(F)c2C)c1O. The highest BCUT2D eigenvalue weighted by Gasteiger charge is 2.48. The van der Waals surface area contributed by atoms with Crippen LogP contribution in [0.5, 0.6) is 5.75 Å². The Bertz CT molecular complexity index is 1180. The number of halogens is 2. The number of phenols is 1. The van der Waals surface area contributed by atoms with Gasteiger partial charge in [0, 0.05) is 29.4 Å². The topological polar surface area (TPSA) is 111 Å². The van der Waals surface area contributed by atoms with Crippen LogP contribution in [0, 0.1) is 12.7 Å². The number of amides is 2. The Kier molecular flexibility index (Phi) is 6.54. The molecule has 2 fully saturated rings. The molecule has 178 valence electrons. The summed E-state index contributed by atoms with van der Waals surface area (Å²) in [6, 6.07) is 5.99. The fourth-order valence-electron chi connectivity index (χ4n) is 4.78. The molecule has 2 saturated heterocycles. The van der Waals surface area contributed by atoms with Crippen LogP contribution in [0.4, 0.5) is 20.6 Å². The zero-order valence-electron chi connectivity index (χ0n) is 18.2. The second kappa shape index (κ2) is 9.09. The number of urea groups is 1. The third kappa shape index (κ3) is 4.40. The van der Waals surface area contributed by atoms with E-state index >= 15 is 0 Å². The van der Waals surface area contributed by atoms with E-state index < -0.39 is 32.5 Å². The number of nitrogens with one attached hydrogen (secondary N) is 3. The minimum Gasteiger partial charge on any atom is -0.504 e. The largest absolute Gasteiger partial charge is 0.504 e. The molecular weight excluding hydrogens is 471 g/mol. The second-order valence-electron chi connectivity index (χ2n) is 8.44. The van der Waals surface area contributed by atoms with Gasteiger partial charge in [-0.2, -0.15) is 4.31 Å². The normalized spacial score (nSPS) is 22.8. The van der Waals surface area contributed by atoms with Crippen molar-refractivity contribution in [3.05, 3.63) is 46.7 Å². The summed E-state index contributed by atoms with van der Waals surface area (Å²) < 4.78 is 42.4. The van der Waals surface area contributed by atoms with Gasteiger partial charge < -0.3 is 21.1 Å². The van der Waals surface area contributed by atoms with Gasteiger partial charge >= 0.3 is 6.03 Å². The molecule has 33 heavy (non-hydrogen) atoms. The predicted molar refractivity (Wildman–Crippen MR) is 125 cm³/mol. The maximum atomic E-state index is 13.7. The molecule has 8 nitrogen and oxygen atoms in total. The van der Waals surface area contributed by atoms with E-state index in [0.717, 1.165) is 12.8 Å². The van der Waals surface area contributed by atoms with Crippen LogP contribution in [0.25, 0.3) is 0 Å². The van der Waals surface area contributed by atoms with E-state index in [2.05, 4.69) is 16.0 Å². The lowest BCUT2D eigenvalue weighted by atomic mass is 10.0. The van der Waals surface area contributed by atoms with Gasteiger partial charge in [-0.1, -0.05) is 17.7 Å². The lowest BCUT2D eigenvalue weighted by molar-refractivity contribution is 0.212. The minimum atomic E-state index is -4.12. The van der Waals surface area contributed by atoms with Crippen molar-refractivity contribution in [3.63, 3.8) is 0 Å². The summed E-state index contributed by atoms with van der Waals surface area (Å²) in [5, 5.41) is 18.9. The molecule has 2 aliphatic rings. The maximum Gasteiger partial charge on any atom is 0.323 e. The van der Waals surface area contributed by atoms with Gasteiger partial charge in [-0.05, 0) is 63.9 Å². The van der Waals surface area contributed by atoms with Gasteiger partial charge in [0.15, 0.2) is 5.75 Å². The van der Waals surface area contributed by atoms with Gasteiger partial charge in [0.25, 0.3) is 0 Å². The average Bonchev–Trinajstić information content (AvgIpc) is 3.05. The molecule has 2 heterocycles. The molecule has 2 aromatic carbocycles. The maximum absolute atomic E-state index is 13.7. The molecule has 0 aromatic heterocycles. The fraction of sp³-hybridized carbons (Fsp3) is 0.409. The van der Waals surface area contributed by atoms with Crippen molar-refractivity contribution in [1.82, 2.24) is 9.62 Å². The number of piperidine rings is 1. The number of anilines is 2. The standard InChI is InChI=1S/C22H26ClFN4O4S/c1-12-17(24)4-3-5-18(12)26-22(30)27-19-9-8-16(23)21(20(19)29)33(31,32)28-14-6-7-15(28)11-13(10-14)25-2/h3-5,8-9,13-15,25,29H,6-7,10-11H2,1-2H3,(H2,26,27,30)/t13-,14+,15-. The first-order chi connectivity index (χ1) is 15.6. The first-order valence-corrected chi connectivity index (χ1v) is 12.5. The highest BCUT2D eigenvalue weighted by atomic mass is 35.5. The smallest absolute Gasteiger partial charge is 0.323 e. The Hall–Kier alpha value is -2.40. The van der Waals surface area contributed by atoms with Crippen molar-refractivity contribution < 1.29 is 22.7 Å². The number of phenolic OH excluding ortho intramolecular Hbond substituents is 1. The number of hydrogen-bond donors (Lipinski definition) is 4. The summed E-state index contributed by atoms with van der Waals surface area (Å²) in [6.07, 6.45) is 2.84. The average molecular weight is 497 g/mol. The number of nitrogens with zero attached hydrogens (tertiary/aromatic N) is 1. The van der Waals surface area contributed by atoms with E-state index in [1.165, 1.54) is 41.6 Å². The Balaban J connectivity index is 1.61. The quantitative estimate of drug-likeness (QED) is 0.467. The Morgan fingerprint density at radius 3 is 2.39 bits per heavy atom. The Labute approximate surface area is 197 Å². The summed E-state index contributed by atoms with van der Waals surface area (Å²) in [4.78, 5) is 12.0. The van der Waals surface area contributed by atoms with Gasteiger partial charge in [0.2, 0.25) is 10.0 Å². The number of sulfonamides is 1. The number of hydrogen-bond acceptors (Lipinski definition) is 5. The van der Waals surface area contributed by atoms with E-state index in [1.807, 2.05) is 7.05 Å². The number of carbonyl (C=O) groups excluding carboxylic acids is 1. The first kappa shape index (κ1) is 23.7. The summed E-state index contributed by atoms with van der Waals surface area (Å²) in [5.74, 6) is -1.11. The van der Waals surface area contributed by atoms with Crippen LogP contribution in [0.2, 0.25) is 5.02 Å². The van der Waals surface area contributed by atoms with E-state index in [4.69, 9.17) is 11.6 Å². The third-order valence-electron chi connectivity index (χ3n) is 6.46. The lowest BCUT2D eigenvalue weighted by Crippen LogP contribution is -2.50. The van der Waals surface area contributed by atoms with Crippen LogP contribution in [0.15, 0.2) is 35.2 Å². The summed E-state index contributed by atoms with van der Waals surface area (Å²) in [6.45, 7) is 1.51. The minimum absolute atomic E-state index is 0.123. The summed E-state index contributed by atoms with van der Waals surface area (Å²) in [7, 11) is -2.25. The molecule has 0 spiro atoms. The van der Waals surface area contributed by atoms with Gasteiger partial charge in [0.1, 0.15) is 10.7 Å². The second-order valence-corrected chi connectivity index (χ2v) is 10.6. The van der Waals surface area contributed by atoms with E-state index in [0.29, 0.717) is 12.8 Å². The third-order valence-corrected chi connectivity index (χ3v) is 8.96. The van der Waals surface area contributed by atoms with Crippen LogP contribution < -0.4 is 16.0 Å². The van der Waals surface area contributed by atoms with Gasteiger partial charge in [0.05, 0.1) is 10.7 Å².